The highest BCUT2D eigenvalue weighted by atomic mass is 32.1. The van der Waals surface area contributed by atoms with Crippen molar-refractivity contribution < 1.29 is 48.2 Å². The van der Waals surface area contributed by atoms with Crippen LogP contribution in [0.1, 0.15) is 34.8 Å². The molecular formula is C24H26O10S. The van der Waals surface area contributed by atoms with Crippen LogP contribution in [-0.4, -0.2) is 67.4 Å². The predicted octanol–water partition coefficient (Wildman–Crippen LogP) is 1.83. The number of aliphatic hydroxyl groups is 2. The molecule has 4 heterocycles. The van der Waals surface area contributed by atoms with Crippen LogP contribution >= 0.6 is 11.3 Å². The van der Waals surface area contributed by atoms with Crippen LogP contribution < -0.4 is 9.47 Å². The van der Waals surface area contributed by atoms with E-state index in [4.69, 9.17) is 33.2 Å². The zero-order chi connectivity index (χ0) is 23.9. The zero-order valence-corrected chi connectivity index (χ0v) is 19.5. The summed E-state index contributed by atoms with van der Waals surface area (Å²) in [5, 5.41) is 23.8. The minimum Gasteiger partial charge on any atom is -0.467 e. The van der Waals surface area contributed by atoms with Crippen molar-refractivity contribution in [2.75, 3.05) is 20.0 Å². The van der Waals surface area contributed by atoms with Gasteiger partial charge in [0.05, 0.1) is 24.2 Å². The summed E-state index contributed by atoms with van der Waals surface area (Å²) in [6.07, 6.45) is -4.90. The van der Waals surface area contributed by atoms with E-state index in [0.29, 0.717) is 24.4 Å². The summed E-state index contributed by atoms with van der Waals surface area (Å²) >= 11 is 1.49. The maximum absolute atomic E-state index is 10.9. The molecule has 2 fully saturated rings. The number of ether oxygens (including phenoxy) is 7. The molecule has 11 heteroatoms. The summed E-state index contributed by atoms with van der Waals surface area (Å²) in [5.41, 5.74) is 1.87. The fourth-order valence-electron chi connectivity index (χ4n) is 5.15. The molecule has 1 aromatic heterocycles. The van der Waals surface area contributed by atoms with Crippen LogP contribution in [-0.2, 0) is 34.9 Å². The number of hydrogen-bond acceptors (Lipinski definition) is 11. The molecular weight excluding hydrogens is 480 g/mol. The summed E-state index contributed by atoms with van der Waals surface area (Å²) in [6, 6.07) is 7.58. The Morgan fingerprint density at radius 3 is 2.80 bits per heavy atom. The van der Waals surface area contributed by atoms with Crippen LogP contribution in [0.25, 0.3) is 0 Å². The van der Waals surface area contributed by atoms with Gasteiger partial charge < -0.3 is 43.4 Å². The van der Waals surface area contributed by atoms with E-state index < -0.39 is 43.1 Å². The third-order valence-corrected chi connectivity index (χ3v) is 7.82. The third-order valence-electron chi connectivity index (χ3n) is 6.92. The molecule has 4 aliphatic rings. The van der Waals surface area contributed by atoms with Crippen molar-refractivity contribution in [3.8, 4) is 11.5 Å². The van der Waals surface area contributed by atoms with Crippen LogP contribution in [0.3, 0.4) is 0 Å². The fraction of sp³-hybridized carbons (Fsp3) is 0.542. The molecule has 0 spiro atoms. The number of aliphatic hydroxyl groups excluding tert-OH is 2. The van der Waals surface area contributed by atoms with Crippen molar-refractivity contribution in [3.05, 3.63) is 45.6 Å². The van der Waals surface area contributed by atoms with Gasteiger partial charge in [-0.15, -0.1) is 11.3 Å². The van der Waals surface area contributed by atoms with Gasteiger partial charge >= 0.3 is 0 Å². The second kappa shape index (κ2) is 9.66. The fourth-order valence-corrected chi connectivity index (χ4v) is 5.86. The lowest BCUT2D eigenvalue weighted by Crippen LogP contribution is -2.62. The van der Waals surface area contributed by atoms with E-state index in [1.54, 1.807) is 0 Å². The van der Waals surface area contributed by atoms with Gasteiger partial charge in [-0.05, 0) is 47.5 Å². The minimum absolute atomic E-state index is 0.146. The molecule has 3 aliphatic heterocycles. The smallest absolute Gasteiger partial charge is 0.293 e. The monoisotopic (exact) mass is 506 g/mol. The molecule has 2 aromatic rings. The van der Waals surface area contributed by atoms with Crippen LogP contribution in [0.15, 0.2) is 29.6 Å². The summed E-state index contributed by atoms with van der Waals surface area (Å²) in [7, 11) is 0. The van der Waals surface area contributed by atoms with Crippen LogP contribution in [0.2, 0.25) is 0 Å². The summed E-state index contributed by atoms with van der Waals surface area (Å²) < 4.78 is 40.3. The van der Waals surface area contributed by atoms with Crippen LogP contribution in [0.5, 0.6) is 11.5 Å². The molecule has 0 saturated carbocycles. The Bertz CT molecular complexity index is 1040. The van der Waals surface area contributed by atoms with Crippen molar-refractivity contribution in [2.24, 2.45) is 5.92 Å². The number of carbonyl (C=O) groups is 1. The molecule has 8 unspecified atom stereocenters. The third kappa shape index (κ3) is 4.31. The average molecular weight is 507 g/mol. The van der Waals surface area contributed by atoms with Gasteiger partial charge in [0.2, 0.25) is 6.79 Å². The number of aryl methyl sites for hydroxylation is 1. The van der Waals surface area contributed by atoms with Crippen molar-refractivity contribution >= 4 is 17.8 Å². The first-order valence-electron chi connectivity index (χ1n) is 11.6. The summed E-state index contributed by atoms with van der Waals surface area (Å²) in [6.45, 7) is 0.879. The molecule has 0 bridgehead atoms. The van der Waals surface area contributed by atoms with Crippen molar-refractivity contribution in [2.45, 2.75) is 55.9 Å². The molecule has 188 valence electrons. The minimum atomic E-state index is -1.36. The van der Waals surface area contributed by atoms with E-state index in [-0.39, 0.29) is 25.9 Å². The number of fused-ring (bicyclic) bond motifs is 3. The summed E-state index contributed by atoms with van der Waals surface area (Å²) in [4.78, 5) is 11.8. The molecule has 10 nitrogen and oxygen atoms in total. The van der Waals surface area contributed by atoms with Crippen molar-refractivity contribution in [1.29, 1.82) is 0 Å². The van der Waals surface area contributed by atoms with Crippen LogP contribution in [0, 0.1) is 5.92 Å². The van der Waals surface area contributed by atoms with Gasteiger partial charge in [-0.1, -0.05) is 6.07 Å². The topological polar surface area (TPSA) is 122 Å². The maximum Gasteiger partial charge on any atom is 0.293 e. The second-order valence-corrected chi connectivity index (χ2v) is 9.97. The summed E-state index contributed by atoms with van der Waals surface area (Å²) in [5.74, 6) is 1.10. The first-order valence-corrected chi connectivity index (χ1v) is 12.5. The number of benzene rings is 1. The second-order valence-electron chi connectivity index (χ2n) is 8.99. The van der Waals surface area contributed by atoms with E-state index in [0.717, 1.165) is 22.4 Å². The SMILES string of the molecule is O=COCC1CCc2cc3c(cc2C1OC1OC2COC(c4cccs4)OC2C(O)C1O)OCO3. The van der Waals surface area contributed by atoms with Gasteiger partial charge in [0.1, 0.15) is 24.4 Å². The molecule has 2 saturated heterocycles. The lowest BCUT2D eigenvalue weighted by molar-refractivity contribution is -0.368. The highest BCUT2D eigenvalue weighted by molar-refractivity contribution is 7.10. The Balaban J connectivity index is 1.23. The largest absolute Gasteiger partial charge is 0.467 e. The molecule has 1 aliphatic carbocycles. The molecule has 8 atom stereocenters. The molecule has 0 amide bonds. The van der Waals surface area contributed by atoms with E-state index in [1.807, 2.05) is 29.6 Å². The number of thiophene rings is 1. The standard InChI is InChI=1S/C24H26O10S/c25-10-28-8-13-4-3-12-6-15-16(31-11-30-15)7-14(12)21(13)33-24-20(27)19(26)22-17(32-24)9-29-23(34-22)18-2-1-5-35-18/h1-2,5-7,10,13,17,19-24,26-27H,3-4,8-9,11H2. The number of rotatable bonds is 6. The zero-order valence-electron chi connectivity index (χ0n) is 18.7. The van der Waals surface area contributed by atoms with Gasteiger partial charge in [0, 0.05) is 5.92 Å². The van der Waals surface area contributed by atoms with E-state index in [9.17, 15) is 15.0 Å². The molecule has 2 N–H and O–H groups in total. The van der Waals surface area contributed by atoms with Gasteiger partial charge in [-0.2, -0.15) is 0 Å². The van der Waals surface area contributed by atoms with E-state index in [2.05, 4.69) is 0 Å². The predicted molar refractivity (Wildman–Crippen MR) is 119 cm³/mol. The lowest BCUT2D eigenvalue weighted by atomic mass is 9.81. The molecule has 1 aromatic carbocycles. The van der Waals surface area contributed by atoms with Gasteiger partial charge in [-0.3, -0.25) is 4.79 Å². The van der Waals surface area contributed by atoms with Crippen LogP contribution in [0.4, 0.5) is 0 Å². The lowest BCUT2D eigenvalue weighted by Gasteiger charge is -2.47. The Morgan fingerprint density at radius 2 is 2.00 bits per heavy atom. The van der Waals surface area contributed by atoms with Crippen molar-refractivity contribution in [1.82, 2.24) is 0 Å². The molecule has 35 heavy (non-hydrogen) atoms. The Labute approximate surface area is 205 Å². The molecule has 0 radical (unpaired) electrons. The van der Waals surface area contributed by atoms with E-state index in [1.165, 1.54) is 11.3 Å². The first kappa shape index (κ1) is 23.2. The van der Waals surface area contributed by atoms with Crippen molar-refractivity contribution in [3.63, 3.8) is 0 Å². The molecule has 6 rings (SSSR count). The quantitative estimate of drug-likeness (QED) is 0.561. The van der Waals surface area contributed by atoms with E-state index >= 15 is 0 Å². The van der Waals surface area contributed by atoms with Gasteiger partial charge in [-0.25, -0.2) is 0 Å². The average Bonchev–Trinajstić information content (AvgIpc) is 3.57. The first-order chi connectivity index (χ1) is 17.1. The Morgan fingerprint density at radius 1 is 1.14 bits per heavy atom. The van der Waals surface area contributed by atoms with Gasteiger partial charge in [0.25, 0.3) is 6.47 Å². The number of carbonyl (C=O) groups excluding carboxylic acids is 1. The normalized spacial score (nSPS) is 35.7. The van der Waals surface area contributed by atoms with Gasteiger partial charge in [0.15, 0.2) is 24.1 Å². The highest BCUT2D eigenvalue weighted by Gasteiger charge is 2.50. The highest BCUT2D eigenvalue weighted by Crippen LogP contribution is 2.45. The Kier molecular flexibility index (Phi) is 6.39. The maximum atomic E-state index is 10.9. The Hall–Kier alpha value is -2.25. The number of hydrogen-bond donors (Lipinski definition) is 2.